The third kappa shape index (κ3) is 17.4. The Hall–Kier alpha value is -4.85. The Balaban J connectivity index is 2.93. The van der Waals surface area contributed by atoms with E-state index in [1.54, 1.807) is 27.7 Å². The molecule has 0 bridgehead atoms. The molecule has 0 aliphatic carbocycles. The van der Waals surface area contributed by atoms with Crippen LogP contribution in [0.25, 0.3) is 0 Å². The molecule has 0 saturated carbocycles. The lowest BCUT2D eigenvalue weighted by atomic mass is 9.99. The maximum atomic E-state index is 13.6. The zero-order valence-electron chi connectivity index (χ0n) is 34.2. The van der Waals surface area contributed by atoms with Crippen LogP contribution >= 0.6 is 0 Å². The van der Waals surface area contributed by atoms with Gasteiger partial charge in [0.05, 0.1) is 12.6 Å². The third-order valence-electron chi connectivity index (χ3n) is 9.41. The Morgan fingerprint density at radius 1 is 0.719 bits per heavy atom. The molecule has 324 valence electrons. The number of aliphatic carboxylic acids is 2. The molecule has 1 rings (SSSR count). The number of hydrogen-bond acceptors (Lipinski definition) is 11. The molecule has 1 aliphatic heterocycles. The predicted octanol–water partition coefficient (Wildman–Crippen LogP) is -1.70. The summed E-state index contributed by atoms with van der Waals surface area (Å²) in [7, 11) is 0. The van der Waals surface area contributed by atoms with E-state index in [-0.39, 0.29) is 37.6 Å². The molecule has 0 aromatic heterocycles. The lowest BCUT2D eigenvalue weighted by Crippen LogP contribution is -2.59. The monoisotopic (exact) mass is 811 g/mol. The summed E-state index contributed by atoms with van der Waals surface area (Å²) >= 11 is 0. The highest BCUT2D eigenvalue weighted by atomic mass is 16.4. The van der Waals surface area contributed by atoms with Gasteiger partial charge in [-0.05, 0) is 69.7 Å². The summed E-state index contributed by atoms with van der Waals surface area (Å²) in [6.45, 7) is 11.9. The molecule has 7 amide bonds. The summed E-state index contributed by atoms with van der Waals surface area (Å²) in [4.78, 5) is 116. The van der Waals surface area contributed by atoms with E-state index in [4.69, 9.17) is 16.6 Å². The van der Waals surface area contributed by atoms with Gasteiger partial charge in [0, 0.05) is 13.0 Å². The SMILES string of the molecule is CC(C)C[C@H](NC(=O)[C@@H]1CCCN1C(=O)[C@H](C)NC(=O)CNC(=O)[C@@H](NC(=O)[C@@H](N)CCCCN)C(C)C)C(=O)N[C@H](C(=O)N[C@@H](CCC(=O)O)C(=O)O)C(C)C. The van der Waals surface area contributed by atoms with Crippen molar-refractivity contribution in [1.29, 1.82) is 0 Å². The first-order valence-corrected chi connectivity index (χ1v) is 19.6. The number of nitrogens with one attached hydrogen (secondary N) is 6. The van der Waals surface area contributed by atoms with E-state index in [0.717, 1.165) is 0 Å². The van der Waals surface area contributed by atoms with Gasteiger partial charge in [-0.25, -0.2) is 4.79 Å². The normalized spacial score (nSPS) is 17.1. The van der Waals surface area contributed by atoms with Crippen molar-refractivity contribution in [2.75, 3.05) is 19.6 Å². The van der Waals surface area contributed by atoms with Crippen molar-refractivity contribution >= 4 is 53.3 Å². The van der Waals surface area contributed by atoms with Crippen molar-refractivity contribution in [3.8, 4) is 0 Å². The Morgan fingerprint density at radius 3 is 1.86 bits per heavy atom. The minimum Gasteiger partial charge on any atom is -0.481 e. The van der Waals surface area contributed by atoms with Crippen LogP contribution in [0.15, 0.2) is 0 Å². The standard InChI is InChI=1S/C37H65N9O11/c1-19(2)17-25(32(51)45-30(21(5)6)35(54)42-24(37(56)57)13-14-28(48)49)43-33(52)26-12-10-16-46(26)36(55)22(7)41-27(47)18-40-34(53)29(20(3)4)44-31(50)23(39)11-8-9-15-38/h19-26,29-30H,8-18,38-39H2,1-7H3,(H,40,53)(H,41,47)(H,42,54)(H,43,52)(H,44,50)(H,45,51)(H,48,49)(H,56,57)/t22-,23-,24-,25-,26-,29-,30-/m0/s1. The molecule has 1 aliphatic rings. The van der Waals surface area contributed by atoms with Gasteiger partial charge in [0.2, 0.25) is 41.4 Å². The van der Waals surface area contributed by atoms with Gasteiger partial charge in [-0.15, -0.1) is 0 Å². The van der Waals surface area contributed by atoms with E-state index in [9.17, 15) is 48.3 Å². The minimum atomic E-state index is -1.51. The molecule has 7 atom stereocenters. The van der Waals surface area contributed by atoms with Crippen molar-refractivity contribution in [2.24, 2.45) is 29.2 Å². The van der Waals surface area contributed by atoms with Crippen LogP contribution in [0.3, 0.4) is 0 Å². The smallest absolute Gasteiger partial charge is 0.326 e. The molecule has 1 heterocycles. The third-order valence-corrected chi connectivity index (χ3v) is 9.41. The van der Waals surface area contributed by atoms with E-state index in [2.05, 4.69) is 31.9 Å². The molecule has 0 radical (unpaired) electrons. The van der Waals surface area contributed by atoms with Crippen LogP contribution in [-0.2, 0) is 43.2 Å². The Bertz CT molecular complexity index is 1420. The quantitative estimate of drug-likeness (QED) is 0.0461. The van der Waals surface area contributed by atoms with Crippen LogP contribution < -0.4 is 43.4 Å². The Labute approximate surface area is 334 Å². The first kappa shape index (κ1) is 50.2. The summed E-state index contributed by atoms with van der Waals surface area (Å²) in [5.74, 6) is -8.19. The summed E-state index contributed by atoms with van der Waals surface area (Å²) in [5, 5.41) is 33.6. The number of nitrogens with two attached hydrogens (primary N) is 2. The Morgan fingerprint density at radius 2 is 1.32 bits per heavy atom. The minimum absolute atomic E-state index is 0.104. The second-order valence-electron chi connectivity index (χ2n) is 15.6. The predicted molar refractivity (Wildman–Crippen MR) is 208 cm³/mol. The number of carboxylic acid groups (broad SMARTS) is 2. The van der Waals surface area contributed by atoms with E-state index in [1.807, 2.05) is 13.8 Å². The van der Waals surface area contributed by atoms with Crippen LogP contribution in [0.4, 0.5) is 0 Å². The summed E-state index contributed by atoms with van der Waals surface area (Å²) in [6.07, 6.45) is 1.77. The van der Waals surface area contributed by atoms with E-state index < -0.39 is 114 Å². The number of hydrogen-bond donors (Lipinski definition) is 10. The molecule has 0 aromatic rings. The van der Waals surface area contributed by atoms with Gasteiger partial charge in [-0.2, -0.15) is 0 Å². The van der Waals surface area contributed by atoms with E-state index >= 15 is 0 Å². The first-order valence-electron chi connectivity index (χ1n) is 19.6. The summed E-state index contributed by atoms with van der Waals surface area (Å²) in [6, 6.07) is -7.74. The van der Waals surface area contributed by atoms with E-state index in [1.165, 1.54) is 11.8 Å². The van der Waals surface area contributed by atoms with Gasteiger partial charge in [-0.1, -0.05) is 48.0 Å². The maximum Gasteiger partial charge on any atom is 0.326 e. The van der Waals surface area contributed by atoms with Gasteiger partial charge < -0.3 is 58.5 Å². The Kier molecular flexibility index (Phi) is 21.8. The molecule has 20 heteroatoms. The van der Waals surface area contributed by atoms with Gasteiger partial charge in [0.25, 0.3) is 0 Å². The number of likely N-dealkylation sites (tertiary alicyclic amines) is 1. The van der Waals surface area contributed by atoms with Crippen LogP contribution in [0.2, 0.25) is 0 Å². The number of nitrogens with zero attached hydrogens (tertiary/aromatic N) is 1. The average Bonchev–Trinajstić information content (AvgIpc) is 3.62. The summed E-state index contributed by atoms with van der Waals surface area (Å²) in [5.41, 5.74) is 11.4. The van der Waals surface area contributed by atoms with Gasteiger partial charge in [0.15, 0.2) is 0 Å². The largest absolute Gasteiger partial charge is 0.481 e. The number of amides is 7. The lowest BCUT2D eigenvalue weighted by molar-refractivity contribution is -0.144. The molecular weight excluding hydrogens is 746 g/mol. The number of carboxylic acids is 2. The topological polar surface area (TPSA) is 322 Å². The second-order valence-corrected chi connectivity index (χ2v) is 15.6. The molecule has 1 saturated heterocycles. The summed E-state index contributed by atoms with van der Waals surface area (Å²) < 4.78 is 0. The molecule has 57 heavy (non-hydrogen) atoms. The molecule has 12 N–H and O–H groups in total. The highest BCUT2D eigenvalue weighted by Crippen LogP contribution is 2.20. The molecule has 0 unspecified atom stereocenters. The molecule has 0 spiro atoms. The molecular formula is C37H65N9O11. The molecule has 1 fully saturated rings. The number of carbonyl (C=O) groups is 9. The van der Waals surface area contributed by atoms with Crippen LogP contribution in [0.1, 0.15) is 99.8 Å². The van der Waals surface area contributed by atoms with Gasteiger partial charge in [-0.3, -0.25) is 38.4 Å². The first-order chi connectivity index (χ1) is 26.6. The van der Waals surface area contributed by atoms with Crippen molar-refractivity contribution < 1.29 is 53.4 Å². The van der Waals surface area contributed by atoms with Crippen molar-refractivity contribution in [2.45, 2.75) is 142 Å². The maximum absolute atomic E-state index is 13.6. The van der Waals surface area contributed by atoms with E-state index in [0.29, 0.717) is 32.2 Å². The van der Waals surface area contributed by atoms with Crippen LogP contribution in [0, 0.1) is 17.8 Å². The van der Waals surface area contributed by atoms with Gasteiger partial charge in [0.1, 0.15) is 36.3 Å². The highest BCUT2D eigenvalue weighted by Gasteiger charge is 2.39. The van der Waals surface area contributed by atoms with Crippen molar-refractivity contribution in [3.05, 3.63) is 0 Å². The zero-order chi connectivity index (χ0) is 43.6. The van der Waals surface area contributed by atoms with Crippen molar-refractivity contribution in [3.63, 3.8) is 0 Å². The van der Waals surface area contributed by atoms with Gasteiger partial charge >= 0.3 is 11.9 Å². The fourth-order valence-corrected chi connectivity index (χ4v) is 6.16. The van der Waals surface area contributed by atoms with Crippen LogP contribution in [0.5, 0.6) is 0 Å². The van der Waals surface area contributed by atoms with Crippen LogP contribution in [-0.4, -0.2) is 130 Å². The average molecular weight is 812 g/mol. The fraction of sp³-hybridized carbons (Fsp3) is 0.757. The molecule has 0 aromatic carbocycles. The molecule has 20 nitrogen and oxygen atoms in total. The number of carbonyl (C=O) groups excluding carboxylic acids is 7. The fourth-order valence-electron chi connectivity index (χ4n) is 6.16. The lowest BCUT2D eigenvalue weighted by Gasteiger charge is -2.30. The second kappa shape index (κ2) is 24.7. The highest BCUT2D eigenvalue weighted by molar-refractivity contribution is 5.97. The number of unbranched alkanes of at least 4 members (excludes halogenated alkanes) is 1. The number of rotatable bonds is 25. The van der Waals surface area contributed by atoms with Crippen molar-refractivity contribution in [1.82, 2.24) is 36.8 Å². The zero-order valence-corrected chi connectivity index (χ0v) is 34.2.